The molecule has 4 nitrogen and oxygen atoms in total. The Hall–Kier alpha value is -0.910. The van der Waals surface area contributed by atoms with Gasteiger partial charge in [-0.3, -0.25) is 0 Å². The van der Waals surface area contributed by atoms with Crippen LogP contribution in [0.2, 0.25) is 0 Å². The molecule has 0 amide bonds. The van der Waals surface area contributed by atoms with Crippen molar-refractivity contribution >= 4 is 9.84 Å². The second-order valence-corrected chi connectivity index (χ2v) is 8.05. The molecule has 0 heterocycles. The van der Waals surface area contributed by atoms with E-state index in [0.29, 0.717) is 12.3 Å². The average Bonchev–Trinajstić information content (AvgIpc) is 2.53. The van der Waals surface area contributed by atoms with Crippen molar-refractivity contribution in [3.05, 3.63) is 35.9 Å². The minimum Gasteiger partial charge on any atom is -0.384 e. The summed E-state index contributed by atoms with van der Waals surface area (Å²) in [5, 5.41) is 2.87. The third kappa shape index (κ3) is 4.05. The Morgan fingerprint density at radius 2 is 1.95 bits per heavy atom. The van der Waals surface area contributed by atoms with Crippen molar-refractivity contribution in [2.24, 2.45) is 0 Å². The molecule has 1 aliphatic rings. The molecule has 1 aliphatic carbocycles. The molecular weight excluding hydrogens is 286 g/mol. The highest BCUT2D eigenvalue weighted by Gasteiger charge is 2.38. The van der Waals surface area contributed by atoms with Gasteiger partial charge in [-0.05, 0) is 37.8 Å². The van der Waals surface area contributed by atoms with E-state index >= 15 is 0 Å². The van der Waals surface area contributed by atoms with Gasteiger partial charge in [-0.15, -0.1) is 0 Å². The number of benzene rings is 1. The van der Waals surface area contributed by atoms with E-state index in [1.165, 1.54) is 5.56 Å². The number of ether oxygens (including phenoxy) is 1. The molecule has 3 unspecified atom stereocenters. The average molecular weight is 311 g/mol. The van der Waals surface area contributed by atoms with Gasteiger partial charge in [0.05, 0.1) is 17.6 Å². The monoisotopic (exact) mass is 311 g/mol. The molecule has 1 saturated carbocycles. The van der Waals surface area contributed by atoms with E-state index in [0.717, 1.165) is 12.8 Å². The molecule has 2 rings (SSSR count). The van der Waals surface area contributed by atoms with Gasteiger partial charge in [-0.1, -0.05) is 30.3 Å². The van der Waals surface area contributed by atoms with Gasteiger partial charge in [0, 0.05) is 13.2 Å². The smallest absolute Gasteiger partial charge is 0.156 e. The summed E-state index contributed by atoms with van der Waals surface area (Å²) in [5.41, 5.74) is 1.25. The quantitative estimate of drug-likeness (QED) is 0.873. The summed E-state index contributed by atoms with van der Waals surface area (Å²) in [4.78, 5) is 0. The first-order valence-electron chi connectivity index (χ1n) is 7.51. The SMILES string of the molecule is CNC1CCC(c2ccccc2)CC1S(=O)(=O)CCOC. The molecule has 118 valence electrons. The van der Waals surface area contributed by atoms with Crippen LogP contribution in [0.3, 0.4) is 0 Å². The maximum Gasteiger partial charge on any atom is 0.156 e. The first kappa shape index (κ1) is 16.5. The third-order valence-corrected chi connectivity index (χ3v) is 6.65. The van der Waals surface area contributed by atoms with Gasteiger partial charge in [0.15, 0.2) is 9.84 Å². The number of hydrogen-bond donors (Lipinski definition) is 1. The van der Waals surface area contributed by atoms with Gasteiger partial charge >= 0.3 is 0 Å². The Kier molecular flexibility index (Phi) is 5.79. The zero-order chi connectivity index (χ0) is 15.3. The van der Waals surface area contributed by atoms with Crippen LogP contribution in [0.25, 0.3) is 0 Å². The fourth-order valence-electron chi connectivity index (χ4n) is 3.24. The molecule has 0 saturated heterocycles. The summed E-state index contributed by atoms with van der Waals surface area (Å²) in [5.74, 6) is 0.437. The lowest BCUT2D eigenvalue weighted by atomic mass is 9.81. The molecule has 21 heavy (non-hydrogen) atoms. The van der Waals surface area contributed by atoms with E-state index in [2.05, 4.69) is 17.4 Å². The minimum absolute atomic E-state index is 0.0480. The van der Waals surface area contributed by atoms with Crippen LogP contribution in [-0.2, 0) is 14.6 Å². The van der Waals surface area contributed by atoms with Crippen LogP contribution in [0.15, 0.2) is 30.3 Å². The Morgan fingerprint density at radius 1 is 1.24 bits per heavy atom. The van der Waals surface area contributed by atoms with Crippen LogP contribution >= 0.6 is 0 Å². The van der Waals surface area contributed by atoms with Crippen LogP contribution in [0, 0.1) is 0 Å². The number of rotatable bonds is 6. The fraction of sp³-hybridized carbons (Fsp3) is 0.625. The summed E-state index contributed by atoms with van der Waals surface area (Å²) in [6.45, 7) is 0.269. The minimum atomic E-state index is -3.14. The Bertz CT molecular complexity index is 530. The van der Waals surface area contributed by atoms with Gasteiger partial charge in [-0.2, -0.15) is 0 Å². The van der Waals surface area contributed by atoms with Crippen molar-refractivity contribution in [3.8, 4) is 0 Å². The maximum atomic E-state index is 12.6. The summed E-state index contributed by atoms with van der Waals surface area (Å²) in [6, 6.07) is 10.3. The number of hydrogen-bond acceptors (Lipinski definition) is 4. The lowest BCUT2D eigenvalue weighted by Gasteiger charge is -2.36. The van der Waals surface area contributed by atoms with E-state index in [4.69, 9.17) is 4.74 Å². The second kappa shape index (κ2) is 7.38. The highest BCUT2D eigenvalue weighted by Crippen LogP contribution is 2.36. The maximum absolute atomic E-state index is 12.6. The van der Waals surface area contributed by atoms with Crippen molar-refractivity contribution in [1.82, 2.24) is 5.32 Å². The van der Waals surface area contributed by atoms with E-state index in [9.17, 15) is 8.42 Å². The molecule has 1 N–H and O–H groups in total. The van der Waals surface area contributed by atoms with Gasteiger partial charge < -0.3 is 10.1 Å². The second-order valence-electron chi connectivity index (χ2n) is 5.71. The summed E-state index contributed by atoms with van der Waals surface area (Å²) < 4.78 is 30.1. The zero-order valence-corrected chi connectivity index (χ0v) is 13.6. The molecule has 0 spiro atoms. The zero-order valence-electron chi connectivity index (χ0n) is 12.8. The van der Waals surface area contributed by atoms with Crippen LogP contribution in [-0.4, -0.2) is 46.2 Å². The van der Waals surface area contributed by atoms with Crippen molar-refractivity contribution in [1.29, 1.82) is 0 Å². The van der Waals surface area contributed by atoms with Gasteiger partial charge in [0.25, 0.3) is 0 Å². The largest absolute Gasteiger partial charge is 0.384 e. The van der Waals surface area contributed by atoms with Crippen molar-refractivity contribution < 1.29 is 13.2 Å². The lowest BCUT2D eigenvalue weighted by molar-refractivity contribution is 0.216. The van der Waals surface area contributed by atoms with Gasteiger partial charge in [0.2, 0.25) is 0 Å². The van der Waals surface area contributed by atoms with Crippen molar-refractivity contribution in [3.63, 3.8) is 0 Å². The number of sulfone groups is 1. The predicted molar refractivity (Wildman–Crippen MR) is 85.3 cm³/mol. The van der Waals surface area contributed by atoms with Crippen LogP contribution in [0.5, 0.6) is 0 Å². The Balaban J connectivity index is 2.16. The number of nitrogens with one attached hydrogen (secondary N) is 1. The Morgan fingerprint density at radius 3 is 2.57 bits per heavy atom. The molecule has 0 aliphatic heterocycles. The van der Waals surface area contributed by atoms with E-state index in [-0.39, 0.29) is 23.7 Å². The third-order valence-electron chi connectivity index (χ3n) is 4.47. The van der Waals surface area contributed by atoms with Gasteiger partial charge in [-0.25, -0.2) is 8.42 Å². The lowest BCUT2D eigenvalue weighted by Crippen LogP contribution is -2.47. The molecule has 5 heteroatoms. The molecule has 0 radical (unpaired) electrons. The molecule has 1 fully saturated rings. The Labute approximate surface area is 127 Å². The summed E-state index contributed by atoms with van der Waals surface area (Å²) >= 11 is 0. The predicted octanol–water partition coefficient (Wildman–Crippen LogP) is 1.97. The van der Waals surface area contributed by atoms with E-state index < -0.39 is 9.84 Å². The molecule has 0 bridgehead atoms. The summed E-state index contributed by atoms with van der Waals surface area (Å²) in [6.07, 6.45) is 2.63. The molecular formula is C16H25NO3S. The van der Waals surface area contributed by atoms with E-state index in [1.807, 2.05) is 25.2 Å². The van der Waals surface area contributed by atoms with Crippen molar-refractivity contribution in [2.45, 2.75) is 36.5 Å². The number of methoxy groups -OCH3 is 1. The first-order valence-corrected chi connectivity index (χ1v) is 9.22. The highest BCUT2D eigenvalue weighted by molar-refractivity contribution is 7.92. The topological polar surface area (TPSA) is 55.4 Å². The van der Waals surface area contributed by atoms with Gasteiger partial charge in [0.1, 0.15) is 0 Å². The van der Waals surface area contributed by atoms with Crippen LogP contribution in [0.4, 0.5) is 0 Å². The van der Waals surface area contributed by atoms with E-state index in [1.54, 1.807) is 7.11 Å². The summed E-state index contributed by atoms with van der Waals surface area (Å²) in [7, 11) is 0.259. The van der Waals surface area contributed by atoms with Crippen LogP contribution < -0.4 is 5.32 Å². The molecule has 1 aromatic carbocycles. The molecule has 0 aromatic heterocycles. The fourth-order valence-corrected chi connectivity index (χ4v) is 5.24. The van der Waals surface area contributed by atoms with Crippen LogP contribution in [0.1, 0.15) is 30.7 Å². The highest BCUT2D eigenvalue weighted by atomic mass is 32.2. The molecule has 3 atom stereocenters. The van der Waals surface area contributed by atoms with Crippen molar-refractivity contribution in [2.75, 3.05) is 26.5 Å². The molecule has 1 aromatic rings. The standard InChI is InChI=1S/C16H25NO3S/c1-17-15-9-8-14(13-6-4-3-5-7-13)12-16(15)21(18,19)11-10-20-2/h3-7,14-17H,8-12H2,1-2H3. The first-order chi connectivity index (χ1) is 10.1. The normalized spacial score (nSPS) is 26.7.